The third-order valence-electron chi connectivity index (χ3n) is 6.39. The van der Waals surface area contributed by atoms with Crippen LogP contribution in [0.5, 0.6) is 5.75 Å². The van der Waals surface area contributed by atoms with Crippen molar-refractivity contribution in [2.45, 2.75) is 24.3 Å². The van der Waals surface area contributed by atoms with E-state index in [1.165, 1.54) is 23.9 Å². The Bertz CT molecular complexity index is 1360. The molecule has 1 saturated heterocycles. The summed E-state index contributed by atoms with van der Waals surface area (Å²) in [5.74, 6) is -3.29. The van der Waals surface area contributed by atoms with E-state index in [4.69, 9.17) is 4.74 Å². The van der Waals surface area contributed by atoms with Crippen LogP contribution in [0, 0.1) is 11.6 Å². The van der Waals surface area contributed by atoms with E-state index >= 15 is 0 Å². The Morgan fingerprint density at radius 1 is 0.974 bits per heavy atom. The smallest absolute Gasteiger partial charge is 0.323 e. The molecule has 0 aromatic heterocycles. The number of carboxylic acids is 1. The zero-order valence-electron chi connectivity index (χ0n) is 21.4. The summed E-state index contributed by atoms with van der Waals surface area (Å²) < 4.78 is 33.3. The summed E-state index contributed by atoms with van der Waals surface area (Å²) in [5.41, 5.74) is 2.22. The fourth-order valence-electron chi connectivity index (χ4n) is 4.39. The number of rotatable bonds is 10. The van der Waals surface area contributed by atoms with Crippen molar-refractivity contribution >= 4 is 29.5 Å². The summed E-state index contributed by atoms with van der Waals surface area (Å²) in [6.07, 6.45) is 3.58. The molecule has 0 atom stereocenters. The molecule has 10 heteroatoms. The number of benzene rings is 3. The predicted molar refractivity (Wildman–Crippen MR) is 144 cm³/mol. The average molecular weight is 555 g/mol. The lowest BCUT2D eigenvalue weighted by molar-refractivity contribution is -0.138. The molecule has 7 nitrogen and oxygen atoms in total. The highest BCUT2D eigenvalue weighted by Gasteiger charge is 2.25. The minimum absolute atomic E-state index is 0.132. The van der Waals surface area contributed by atoms with Crippen LogP contribution in [0.25, 0.3) is 11.1 Å². The van der Waals surface area contributed by atoms with E-state index in [-0.39, 0.29) is 24.6 Å². The minimum atomic E-state index is -1.20. The van der Waals surface area contributed by atoms with E-state index in [0.717, 1.165) is 17.7 Å². The number of hydrogen-bond acceptors (Lipinski definition) is 5. The van der Waals surface area contributed by atoms with Gasteiger partial charge in [-0.2, -0.15) is 0 Å². The van der Waals surface area contributed by atoms with Gasteiger partial charge in [0.2, 0.25) is 5.91 Å². The van der Waals surface area contributed by atoms with Crippen LogP contribution in [-0.4, -0.2) is 65.1 Å². The molecule has 1 heterocycles. The lowest BCUT2D eigenvalue weighted by Crippen LogP contribution is -2.44. The molecule has 1 fully saturated rings. The Morgan fingerprint density at radius 3 is 2.33 bits per heavy atom. The van der Waals surface area contributed by atoms with E-state index < -0.39 is 30.1 Å². The molecule has 4 rings (SSSR count). The molecule has 2 amide bonds. The second kappa shape index (κ2) is 12.8. The van der Waals surface area contributed by atoms with Gasteiger partial charge in [0.05, 0.1) is 0 Å². The molecule has 0 unspecified atom stereocenters. The van der Waals surface area contributed by atoms with Gasteiger partial charge in [0.15, 0.2) is 11.6 Å². The molecular formula is C29H28F2N2O5S. The third-order valence-corrected chi connectivity index (χ3v) is 7.16. The molecule has 0 bridgehead atoms. The quantitative estimate of drug-likeness (QED) is 0.352. The third kappa shape index (κ3) is 7.14. The standard InChI is InChI=1S/C29H28F2N2O5S/c1-39-26-15-25(31)24(30)14-23(26)20-7-9-22(10-8-20)38-18-19-5-4-6-21(13-19)29(37)33(17-28(35)36)16-27(34)32-11-2-3-12-32/h4-10,13-15H,2-3,11-12,16-18H2,1H3,(H,35,36). The number of hydrogen-bond donors (Lipinski definition) is 1. The van der Waals surface area contributed by atoms with Gasteiger partial charge in [-0.05, 0) is 72.2 Å². The maximum Gasteiger partial charge on any atom is 0.323 e. The SMILES string of the molecule is CSc1cc(F)c(F)cc1-c1ccc(OCc2cccc(C(=O)N(CC(=O)O)CC(=O)N3CCCC3)c2)cc1. The van der Waals surface area contributed by atoms with Crippen molar-refractivity contribution in [1.82, 2.24) is 9.80 Å². The normalized spacial score (nSPS) is 12.8. The zero-order chi connectivity index (χ0) is 27.9. The molecule has 0 spiro atoms. The maximum absolute atomic E-state index is 13.8. The molecule has 39 heavy (non-hydrogen) atoms. The van der Waals surface area contributed by atoms with Crippen LogP contribution in [0.15, 0.2) is 65.6 Å². The van der Waals surface area contributed by atoms with Gasteiger partial charge in [-0.1, -0.05) is 24.3 Å². The van der Waals surface area contributed by atoms with E-state index in [2.05, 4.69) is 0 Å². The molecule has 1 N–H and O–H groups in total. The van der Waals surface area contributed by atoms with E-state index in [1.54, 1.807) is 59.7 Å². The average Bonchev–Trinajstić information content (AvgIpc) is 3.48. The predicted octanol–water partition coefficient (Wildman–Crippen LogP) is 5.08. The maximum atomic E-state index is 13.8. The number of ether oxygens (including phenoxy) is 1. The van der Waals surface area contributed by atoms with Gasteiger partial charge in [-0.3, -0.25) is 14.4 Å². The number of carbonyl (C=O) groups is 3. The largest absolute Gasteiger partial charge is 0.489 e. The zero-order valence-corrected chi connectivity index (χ0v) is 22.2. The minimum Gasteiger partial charge on any atom is -0.489 e. The summed E-state index contributed by atoms with van der Waals surface area (Å²) in [7, 11) is 0. The summed E-state index contributed by atoms with van der Waals surface area (Å²) in [5, 5.41) is 9.29. The van der Waals surface area contributed by atoms with E-state index in [0.29, 0.717) is 40.4 Å². The van der Waals surface area contributed by atoms with Crippen molar-refractivity contribution in [3.63, 3.8) is 0 Å². The van der Waals surface area contributed by atoms with Crippen LogP contribution >= 0.6 is 11.8 Å². The van der Waals surface area contributed by atoms with Gasteiger partial charge in [-0.15, -0.1) is 11.8 Å². The lowest BCUT2D eigenvalue weighted by atomic mass is 10.1. The Hall–Kier alpha value is -3.92. The topological polar surface area (TPSA) is 87.1 Å². The van der Waals surface area contributed by atoms with Gasteiger partial charge in [0.25, 0.3) is 5.91 Å². The van der Waals surface area contributed by atoms with Gasteiger partial charge in [0.1, 0.15) is 25.4 Å². The molecule has 0 radical (unpaired) electrons. The number of halogens is 2. The molecule has 3 aromatic carbocycles. The van der Waals surface area contributed by atoms with Gasteiger partial charge in [0, 0.05) is 23.5 Å². The first-order chi connectivity index (χ1) is 18.7. The highest BCUT2D eigenvalue weighted by molar-refractivity contribution is 7.98. The van der Waals surface area contributed by atoms with Gasteiger partial charge in [-0.25, -0.2) is 8.78 Å². The van der Waals surface area contributed by atoms with Crippen LogP contribution in [0.2, 0.25) is 0 Å². The van der Waals surface area contributed by atoms with Gasteiger partial charge >= 0.3 is 5.97 Å². The fourth-order valence-corrected chi connectivity index (χ4v) is 5.01. The molecular weight excluding hydrogens is 526 g/mol. The summed E-state index contributed by atoms with van der Waals surface area (Å²) in [4.78, 5) is 40.4. The summed E-state index contributed by atoms with van der Waals surface area (Å²) in [6, 6.07) is 15.9. The molecule has 1 aliphatic rings. The first kappa shape index (κ1) is 28.1. The number of likely N-dealkylation sites (tertiary alicyclic amines) is 1. The number of nitrogens with zero attached hydrogens (tertiary/aromatic N) is 2. The van der Waals surface area contributed by atoms with Crippen molar-refractivity contribution in [2.24, 2.45) is 0 Å². The Balaban J connectivity index is 1.43. The highest BCUT2D eigenvalue weighted by Crippen LogP contribution is 2.33. The number of thioether (sulfide) groups is 1. The second-order valence-corrected chi connectivity index (χ2v) is 9.97. The van der Waals surface area contributed by atoms with Crippen LogP contribution in [0.4, 0.5) is 8.78 Å². The monoisotopic (exact) mass is 554 g/mol. The lowest BCUT2D eigenvalue weighted by Gasteiger charge is -2.24. The molecule has 0 saturated carbocycles. The first-order valence-corrected chi connectivity index (χ1v) is 13.6. The molecule has 0 aliphatic carbocycles. The first-order valence-electron chi connectivity index (χ1n) is 12.4. The van der Waals surface area contributed by atoms with Crippen LogP contribution < -0.4 is 4.74 Å². The Kier molecular flexibility index (Phi) is 9.19. The number of amides is 2. The number of aliphatic carboxylic acids is 1. The van der Waals surface area contributed by atoms with Crippen LogP contribution in [0.1, 0.15) is 28.8 Å². The van der Waals surface area contributed by atoms with Gasteiger partial charge < -0.3 is 19.6 Å². The molecule has 204 valence electrons. The Labute approximate surface area is 229 Å². The van der Waals surface area contributed by atoms with E-state index in [9.17, 15) is 28.3 Å². The van der Waals surface area contributed by atoms with E-state index in [1.807, 2.05) is 0 Å². The number of carboxylic acid groups (broad SMARTS) is 1. The van der Waals surface area contributed by atoms with Crippen molar-refractivity contribution in [1.29, 1.82) is 0 Å². The molecule has 3 aromatic rings. The molecule has 1 aliphatic heterocycles. The number of carbonyl (C=O) groups excluding carboxylic acids is 2. The highest BCUT2D eigenvalue weighted by atomic mass is 32.2. The second-order valence-electron chi connectivity index (χ2n) is 9.12. The summed E-state index contributed by atoms with van der Waals surface area (Å²) >= 11 is 1.32. The van der Waals surface area contributed by atoms with Crippen molar-refractivity contribution < 1.29 is 33.0 Å². The van der Waals surface area contributed by atoms with Crippen molar-refractivity contribution in [3.05, 3.63) is 83.4 Å². The Morgan fingerprint density at radius 2 is 1.67 bits per heavy atom. The fraction of sp³-hybridized carbons (Fsp3) is 0.276. The van der Waals surface area contributed by atoms with Crippen molar-refractivity contribution in [2.75, 3.05) is 32.4 Å². The summed E-state index contributed by atoms with van der Waals surface area (Å²) in [6.45, 7) is 0.478. The van der Waals surface area contributed by atoms with Crippen LogP contribution in [0.3, 0.4) is 0 Å². The van der Waals surface area contributed by atoms with Crippen molar-refractivity contribution in [3.8, 4) is 16.9 Å². The van der Waals surface area contributed by atoms with Crippen LogP contribution in [-0.2, 0) is 16.2 Å².